The molecule has 0 bridgehead atoms. The van der Waals surface area contributed by atoms with Crippen molar-refractivity contribution in [2.75, 3.05) is 5.32 Å². The standard InChI is InChI=1S/C13H14F2N4O2/c1-3-18-13(12(19(20)21)8(2)17-18)16-7-9-4-5-10(14)11(15)6-9/h4-6,16H,3,7H2,1-2H3. The Balaban J connectivity index is 2.26. The Kier molecular flexibility index (Phi) is 4.15. The largest absolute Gasteiger partial charge is 0.360 e. The van der Waals surface area contributed by atoms with Crippen molar-refractivity contribution in [1.29, 1.82) is 0 Å². The minimum Gasteiger partial charge on any atom is -0.360 e. The summed E-state index contributed by atoms with van der Waals surface area (Å²) in [4.78, 5) is 10.6. The normalized spacial score (nSPS) is 10.7. The summed E-state index contributed by atoms with van der Waals surface area (Å²) < 4.78 is 27.5. The van der Waals surface area contributed by atoms with E-state index in [0.717, 1.165) is 12.1 Å². The molecule has 0 aliphatic rings. The summed E-state index contributed by atoms with van der Waals surface area (Å²) in [6, 6.07) is 3.48. The molecule has 112 valence electrons. The summed E-state index contributed by atoms with van der Waals surface area (Å²) in [7, 11) is 0. The highest BCUT2D eigenvalue weighted by molar-refractivity contribution is 5.59. The lowest BCUT2D eigenvalue weighted by molar-refractivity contribution is -0.384. The fraction of sp³-hybridized carbons (Fsp3) is 0.308. The van der Waals surface area contributed by atoms with E-state index in [2.05, 4.69) is 10.4 Å². The third-order valence-electron chi connectivity index (χ3n) is 3.02. The average molecular weight is 296 g/mol. The number of anilines is 1. The second-order valence-electron chi connectivity index (χ2n) is 4.46. The average Bonchev–Trinajstić information content (AvgIpc) is 2.76. The molecular weight excluding hydrogens is 282 g/mol. The van der Waals surface area contributed by atoms with Crippen molar-refractivity contribution in [2.24, 2.45) is 0 Å². The van der Waals surface area contributed by atoms with Crippen molar-refractivity contribution in [2.45, 2.75) is 26.9 Å². The van der Waals surface area contributed by atoms with Gasteiger partial charge in [-0.3, -0.25) is 10.1 Å². The topological polar surface area (TPSA) is 73.0 Å². The van der Waals surface area contributed by atoms with E-state index in [1.807, 2.05) is 0 Å². The quantitative estimate of drug-likeness (QED) is 0.680. The Bertz CT molecular complexity index is 685. The first-order valence-corrected chi connectivity index (χ1v) is 6.33. The van der Waals surface area contributed by atoms with Crippen LogP contribution in [0.25, 0.3) is 0 Å². The molecule has 0 aliphatic carbocycles. The van der Waals surface area contributed by atoms with E-state index in [1.54, 1.807) is 13.8 Å². The van der Waals surface area contributed by atoms with Gasteiger partial charge in [0.1, 0.15) is 5.69 Å². The van der Waals surface area contributed by atoms with Gasteiger partial charge in [0, 0.05) is 13.1 Å². The molecule has 2 aromatic rings. The summed E-state index contributed by atoms with van der Waals surface area (Å²) in [5.41, 5.74) is 0.666. The summed E-state index contributed by atoms with van der Waals surface area (Å²) in [6.07, 6.45) is 0. The fourth-order valence-electron chi connectivity index (χ4n) is 2.03. The fourth-order valence-corrected chi connectivity index (χ4v) is 2.03. The summed E-state index contributed by atoms with van der Waals surface area (Å²) in [5.74, 6) is -1.63. The van der Waals surface area contributed by atoms with E-state index in [0.29, 0.717) is 17.8 Å². The highest BCUT2D eigenvalue weighted by Gasteiger charge is 2.24. The Morgan fingerprint density at radius 1 is 1.38 bits per heavy atom. The number of nitrogens with zero attached hydrogens (tertiary/aromatic N) is 3. The lowest BCUT2D eigenvalue weighted by Gasteiger charge is -2.08. The highest BCUT2D eigenvalue weighted by atomic mass is 19.2. The molecule has 0 atom stereocenters. The van der Waals surface area contributed by atoms with Gasteiger partial charge in [0.2, 0.25) is 5.82 Å². The van der Waals surface area contributed by atoms with Gasteiger partial charge < -0.3 is 5.32 Å². The second kappa shape index (κ2) is 5.86. The monoisotopic (exact) mass is 296 g/mol. The maximum Gasteiger partial charge on any atom is 0.333 e. The molecular formula is C13H14F2N4O2. The second-order valence-corrected chi connectivity index (χ2v) is 4.46. The Hall–Kier alpha value is -2.51. The first-order chi connectivity index (χ1) is 9.93. The molecule has 0 saturated carbocycles. The zero-order valence-electron chi connectivity index (χ0n) is 11.6. The van der Waals surface area contributed by atoms with Crippen molar-refractivity contribution >= 4 is 11.5 Å². The van der Waals surface area contributed by atoms with E-state index in [1.165, 1.54) is 10.7 Å². The summed E-state index contributed by atoms with van der Waals surface area (Å²) in [5, 5.41) is 18.0. The van der Waals surface area contributed by atoms with Crippen molar-refractivity contribution in [1.82, 2.24) is 9.78 Å². The van der Waals surface area contributed by atoms with Gasteiger partial charge in [-0.15, -0.1) is 0 Å². The third-order valence-corrected chi connectivity index (χ3v) is 3.02. The number of aromatic nitrogens is 2. The van der Waals surface area contributed by atoms with Gasteiger partial charge in [0.05, 0.1) is 4.92 Å². The Labute approximate surface area is 119 Å². The number of rotatable bonds is 5. The molecule has 21 heavy (non-hydrogen) atoms. The maximum atomic E-state index is 13.1. The lowest BCUT2D eigenvalue weighted by Crippen LogP contribution is -2.08. The van der Waals surface area contributed by atoms with Crippen molar-refractivity contribution < 1.29 is 13.7 Å². The number of benzene rings is 1. The van der Waals surface area contributed by atoms with Crippen LogP contribution in [0.15, 0.2) is 18.2 Å². The van der Waals surface area contributed by atoms with Gasteiger partial charge in [-0.1, -0.05) is 6.07 Å². The van der Waals surface area contributed by atoms with Crippen LogP contribution < -0.4 is 5.32 Å². The molecule has 0 spiro atoms. The zero-order valence-corrected chi connectivity index (χ0v) is 11.6. The minimum atomic E-state index is -0.955. The van der Waals surface area contributed by atoms with Crippen LogP contribution in [0.3, 0.4) is 0 Å². The van der Waals surface area contributed by atoms with Crippen LogP contribution in [0.4, 0.5) is 20.3 Å². The summed E-state index contributed by atoms with van der Waals surface area (Å²) >= 11 is 0. The molecule has 0 unspecified atom stereocenters. The molecule has 0 aliphatic heterocycles. The van der Waals surface area contributed by atoms with E-state index in [9.17, 15) is 18.9 Å². The minimum absolute atomic E-state index is 0.112. The predicted octanol–water partition coefficient (Wildman–Crippen LogP) is 3.01. The molecule has 1 N–H and O–H groups in total. The van der Waals surface area contributed by atoms with Crippen molar-refractivity contribution in [3.05, 3.63) is 51.2 Å². The molecule has 0 amide bonds. The van der Waals surface area contributed by atoms with Crippen LogP contribution in [-0.2, 0) is 13.1 Å². The first kappa shape index (κ1) is 14.9. The number of hydrogen-bond donors (Lipinski definition) is 1. The van der Waals surface area contributed by atoms with Crippen LogP contribution in [0.1, 0.15) is 18.2 Å². The molecule has 0 radical (unpaired) electrons. The van der Waals surface area contributed by atoms with Gasteiger partial charge in [-0.25, -0.2) is 13.5 Å². The predicted molar refractivity (Wildman–Crippen MR) is 73.0 cm³/mol. The Morgan fingerprint density at radius 3 is 2.67 bits per heavy atom. The number of hydrogen-bond acceptors (Lipinski definition) is 4. The van der Waals surface area contributed by atoms with Crippen molar-refractivity contribution in [3.63, 3.8) is 0 Å². The smallest absolute Gasteiger partial charge is 0.333 e. The Morgan fingerprint density at radius 2 is 2.10 bits per heavy atom. The number of nitrogens with one attached hydrogen (secondary N) is 1. The van der Waals surface area contributed by atoms with E-state index >= 15 is 0 Å². The molecule has 1 aromatic heterocycles. The van der Waals surface area contributed by atoms with Gasteiger partial charge in [-0.05, 0) is 31.5 Å². The van der Waals surface area contributed by atoms with Gasteiger partial charge >= 0.3 is 5.69 Å². The van der Waals surface area contributed by atoms with E-state index in [-0.39, 0.29) is 18.1 Å². The lowest BCUT2D eigenvalue weighted by atomic mass is 10.2. The van der Waals surface area contributed by atoms with Crippen molar-refractivity contribution in [3.8, 4) is 0 Å². The number of aryl methyl sites for hydroxylation is 2. The van der Waals surface area contributed by atoms with E-state index < -0.39 is 16.6 Å². The summed E-state index contributed by atoms with van der Waals surface area (Å²) in [6.45, 7) is 3.93. The molecule has 0 saturated heterocycles. The number of halogens is 2. The van der Waals surface area contributed by atoms with Crippen LogP contribution in [0, 0.1) is 28.7 Å². The molecule has 0 fully saturated rings. The van der Waals surface area contributed by atoms with Crippen LogP contribution >= 0.6 is 0 Å². The zero-order chi connectivity index (χ0) is 15.6. The van der Waals surface area contributed by atoms with Crippen LogP contribution in [0.5, 0.6) is 0 Å². The maximum absolute atomic E-state index is 13.1. The molecule has 1 aromatic carbocycles. The van der Waals surface area contributed by atoms with Gasteiger partial charge in [0.15, 0.2) is 11.6 Å². The SMILES string of the molecule is CCn1nc(C)c([N+](=O)[O-])c1NCc1ccc(F)c(F)c1. The molecule has 1 heterocycles. The molecule has 6 nitrogen and oxygen atoms in total. The van der Waals surface area contributed by atoms with E-state index in [4.69, 9.17) is 0 Å². The number of nitro groups is 1. The van der Waals surface area contributed by atoms with Crippen LogP contribution in [-0.4, -0.2) is 14.7 Å². The van der Waals surface area contributed by atoms with Crippen LogP contribution in [0.2, 0.25) is 0 Å². The molecule has 8 heteroatoms. The van der Waals surface area contributed by atoms with Gasteiger partial charge in [-0.2, -0.15) is 5.10 Å². The third kappa shape index (κ3) is 2.99. The molecule has 2 rings (SSSR count). The van der Waals surface area contributed by atoms with Gasteiger partial charge in [0.25, 0.3) is 0 Å². The first-order valence-electron chi connectivity index (χ1n) is 6.33. The highest BCUT2D eigenvalue weighted by Crippen LogP contribution is 2.28.